The molecule has 10 nitrogen and oxygen atoms in total. The molecule has 0 aliphatic heterocycles. The summed E-state index contributed by atoms with van der Waals surface area (Å²) in [6, 6.07) is 8.57. The van der Waals surface area contributed by atoms with Crippen molar-refractivity contribution >= 4 is 34.5 Å². The van der Waals surface area contributed by atoms with E-state index in [2.05, 4.69) is 14.7 Å². The van der Waals surface area contributed by atoms with Crippen LogP contribution in [0.15, 0.2) is 44.1 Å². The summed E-state index contributed by atoms with van der Waals surface area (Å²) in [5.74, 6) is 1.46. The largest absolute Gasteiger partial charge is 0.754 e. The number of phenolic OH excluding ortho intramolecular Hbond substituents is 1. The van der Waals surface area contributed by atoms with Gasteiger partial charge in [0.15, 0.2) is 5.76 Å². The molecule has 0 amide bonds. The SMILES string of the molecule is CN=C(c1cccc(NC(=NS(=O)[O-])C(=N)[N+](C)(C)Cc2ccc(C)o2)c1O)N(C)C. The molecule has 0 fully saturated rings. The summed E-state index contributed by atoms with van der Waals surface area (Å²) >= 11 is -2.81. The Morgan fingerprint density at radius 2 is 2.00 bits per heavy atom. The van der Waals surface area contributed by atoms with E-state index >= 15 is 0 Å². The molecular formula is C20H28N6O4S. The highest BCUT2D eigenvalue weighted by Crippen LogP contribution is 2.29. The van der Waals surface area contributed by atoms with Gasteiger partial charge in [-0.1, -0.05) is 6.07 Å². The van der Waals surface area contributed by atoms with Crippen LogP contribution in [-0.2, 0) is 17.8 Å². The first-order chi connectivity index (χ1) is 14.5. The van der Waals surface area contributed by atoms with E-state index in [4.69, 9.17) is 9.83 Å². The van der Waals surface area contributed by atoms with Gasteiger partial charge in [0.25, 0.3) is 5.84 Å². The number of benzene rings is 1. The summed E-state index contributed by atoms with van der Waals surface area (Å²) in [6.07, 6.45) is 0. The van der Waals surface area contributed by atoms with Crippen molar-refractivity contribution in [3.8, 4) is 5.75 Å². The number of aryl methyl sites for hydroxylation is 1. The Bertz CT molecular complexity index is 1040. The van der Waals surface area contributed by atoms with Crippen LogP contribution >= 0.6 is 0 Å². The number of nitrogens with zero attached hydrogens (tertiary/aromatic N) is 4. The minimum atomic E-state index is -2.81. The lowest BCUT2D eigenvalue weighted by atomic mass is 10.1. The minimum Gasteiger partial charge on any atom is -0.754 e. The minimum absolute atomic E-state index is 0.0458. The number of nitrogens with one attached hydrogen (secondary N) is 2. The summed E-state index contributed by atoms with van der Waals surface area (Å²) in [7, 11) is 8.65. The number of phenols is 1. The second-order valence-electron chi connectivity index (χ2n) is 7.63. The maximum Gasteiger partial charge on any atom is 0.264 e. The fourth-order valence-electron chi connectivity index (χ4n) is 3.04. The number of likely N-dealkylation sites (N-methyl/N-ethyl adjacent to an activating group) is 1. The van der Waals surface area contributed by atoms with Gasteiger partial charge in [-0.2, -0.15) is 4.40 Å². The predicted molar refractivity (Wildman–Crippen MR) is 121 cm³/mol. The summed E-state index contributed by atoms with van der Waals surface area (Å²) < 4.78 is 31.8. The number of aliphatic imine (C=N–C) groups is 1. The molecular weight excluding hydrogens is 420 g/mol. The first-order valence-electron chi connectivity index (χ1n) is 9.35. The lowest BCUT2D eigenvalue weighted by molar-refractivity contribution is -0.813. The van der Waals surface area contributed by atoms with Gasteiger partial charge in [0.2, 0.25) is 5.84 Å². The Hall–Kier alpha value is -3.02. The molecule has 11 heteroatoms. The summed E-state index contributed by atoms with van der Waals surface area (Å²) in [4.78, 5) is 5.92. The molecule has 1 aromatic carbocycles. The predicted octanol–water partition coefficient (Wildman–Crippen LogP) is 2.09. The Labute approximate surface area is 184 Å². The van der Waals surface area contributed by atoms with Crippen LogP contribution in [0.25, 0.3) is 0 Å². The van der Waals surface area contributed by atoms with Crippen molar-refractivity contribution in [2.45, 2.75) is 13.5 Å². The van der Waals surface area contributed by atoms with E-state index in [0.29, 0.717) is 23.7 Å². The topological polar surface area (TPSA) is 137 Å². The molecule has 1 aromatic heterocycles. The van der Waals surface area contributed by atoms with Crippen molar-refractivity contribution in [1.29, 1.82) is 5.41 Å². The molecule has 0 spiro atoms. The molecule has 31 heavy (non-hydrogen) atoms. The third-order valence-corrected chi connectivity index (χ3v) is 4.84. The van der Waals surface area contributed by atoms with Crippen molar-refractivity contribution in [1.82, 2.24) is 4.90 Å². The summed E-state index contributed by atoms with van der Waals surface area (Å²) in [5, 5.41) is 22.2. The van der Waals surface area contributed by atoms with E-state index in [0.717, 1.165) is 5.76 Å². The molecule has 0 aliphatic carbocycles. The smallest absolute Gasteiger partial charge is 0.264 e. The molecule has 0 bridgehead atoms. The number of para-hydroxylation sites is 1. The van der Waals surface area contributed by atoms with Crippen LogP contribution in [-0.4, -0.2) is 76.0 Å². The monoisotopic (exact) mass is 448 g/mol. The average molecular weight is 449 g/mol. The van der Waals surface area contributed by atoms with Crippen molar-refractivity contribution < 1.29 is 22.8 Å². The normalized spacial score (nSPS) is 13.8. The molecule has 0 radical (unpaired) electrons. The number of quaternary nitrogens is 1. The van der Waals surface area contributed by atoms with Gasteiger partial charge in [0.1, 0.15) is 23.9 Å². The van der Waals surface area contributed by atoms with Gasteiger partial charge in [-0.05, 0) is 31.2 Å². The number of aromatic hydroxyl groups is 1. The maximum absolute atomic E-state index is 11.4. The zero-order chi connectivity index (χ0) is 23.3. The van der Waals surface area contributed by atoms with Crippen LogP contribution in [0.1, 0.15) is 17.1 Å². The number of furan rings is 1. The zero-order valence-electron chi connectivity index (χ0n) is 18.5. The fraction of sp³-hybridized carbons (Fsp3) is 0.350. The van der Waals surface area contributed by atoms with Gasteiger partial charge in [0, 0.05) is 21.1 Å². The van der Waals surface area contributed by atoms with E-state index in [1.807, 2.05) is 13.0 Å². The number of rotatable bonds is 5. The highest BCUT2D eigenvalue weighted by atomic mass is 32.2. The molecule has 2 rings (SSSR count). The van der Waals surface area contributed by atoms with Gasteiger partial charge in [-0.25, -0.2) is 5.41 Å². The van der Waals surface area contributed by atoms with Gasteiger partial charge in [-0.15, -0.1) is 0 Å². The first-order valence-corrected chi connectivity index (χ1v) is 10.4. The molecule has 0 aliphatic rings. The van der Waals surface area contributed by atoms with Crippen LogP contribution in [0.5, 0.6) is 5.75 Å². The standard InChI is InChI=1S/C20H28N6O4S/c1-13-10-11-14(30-13)12-26(5,6)18(21)19(24-31(28)29)23-16-9-7-8-15(17(16)27)20(22-2)25(3)4/h7-11H,12H2,1-6H3,(H3-,21,22,23,24,27,28,29). The van der Waals surface area contributed by atoms with E-state index in [9.17, 15) is 13.9 Å². The Kier molecular flexibility index (Phi) is 7.71. The van der Waals surface area contributed by atoms with Crippen LogP contribution in [0.4, 0.5) is 5.69 Å². The third-order valence-electron chi connectivity index (χ3n) is 4.51. The number of hydrogen-bond donors (Lipinski definition) is 3. The maximum atomic E-state index is 11.4. The molecule has 0 saturated heterocycles. The summed E-state index contributed by atoms with van der Waals surface area (Å²) in [6.45, 7) is 2.12. The van der Waals surface area contributed by atoms with Gasteiger partial charge in [-0.3, -0.25) is 13.7 Å². The second kappa shape index (κ2) is 9.86. The molecule has 1 atom stereocenters. The molecule has 168 valence electrons. The average Bonchev–Trinajstić information content (AvgIpc) is 3.07. The molecule has 1 unspecified atom stereocenters. The molecule has 3 N–H and O–H groups in total. The highest BCUT2D eigenvalue weighted by molar-refractivity contribution is 7.78. The van der Waals surface area contributed by atoms with Crippen molar-refractivity contribution in [3.63, 3.8) is 0 Å². The van der Waals surface area contributed by atoms with Crippen molar-refractivity contribution in [2.75, 3.05) is 40.6 Å². The van der Waals surface area contributed by atoms with Crippen LogP contribution in [0.3, 0.4) is 0 Å². The van der Waals surface area contributed by atoms with Gasteiger partial charge < -0.3 is 24.3 Å². The first kappa shape index (κ1) is 24.3. The quantitative estimate of drug-likeness (QED) is 0.211. The Morgan fingerprint density at radius 3 is 2.52 bits per heavy atom. The van der Waals surface area contributed by atoms with E-state index in [1.165, 1.54) is 0 Å². The third kappa shape index (κ3) is 6.00. The molecule has 0 saturated carbocycles. The van der Waals surface area contributed by atoms with Crippen LogP contribution in [0.2, 0.25) is 0 Å². The van der Waals surface area contributed by atoms with Crippen LogP contribution < -0.4 is 5.32 Å². The van der Waals surface area contributed by atoms with E-state index in [-0.39, 0.29) is 27.6 Å². The molecule has 1 heterocycles. The van der Waals surface area contributed by atoms with Crippen LogP contribution in [0, 0.1) is 12.3 Å². The van der Waals surface area contributed by atoms with Gasteiger partial charge in [0.05, 0.1) is 36.6 Å². The number of hydrogen-bond acceptors (Lipinski definition) is 6. The second-order valence-corrected chi connectivity index (χ2v) is 8.25. The van der Waals surface area contributed by atoms with Crippen molar-refractivity contribution in [3.05, 3.63) is 47.4 Å². The Morgan fingerprint density at radius 1 is 1.32 bits per heavy atom. The number of amidine groups is 3. The highest BCUT2D eigenvalue weighted by Gasteiger charge is 2.30. The Balaban J connectivity index is 2.40. The van der Waals surface area contributed by atoms with Gasteiger partial charge >= 0.3 is 0 Å². The molecule has 2 aromatic rings. The summed E-state index contributed by atoms with van der Waals surface area (Å²) in [5.41, 5.74) is 0.648. The van der Waals surface area contributed by atoms with E-state index < -0.39 is 11.3 Å². The number of anilines is 1. The lowest BCUT2D eigenvalue weighted by Crippen LogP contribution is -2.50. The van der Waals surface area contributed by atoms with Crippen molar-refractivity contribution in [2.24, 2.45) is 9.39 Å². The zero-order valence-corrected chi connectivity index (χ0v) is 19.3. The lowest BCUT2D eigenvalue weighted by Gasteiger charge is -2.29. The fourth-order valence-corrected chi connectivity index (χ4v) is 3.32. The van der Waals surface area contributed by atoms with E-state index in [1.54, 1.807) is 64.4 Å².